The Morgan fingerprint density at radius 3 is 2.62 bits per heavy atom. The molecular formula is C6H9ClS. The minimum Gasteiger partial charge on any atom is -0.134 e. The average molecular weight is 149 g/mol. The lowest BCUT2D eigenvalue weighted by atomic mass is 10.5. The molecule has 2 heteroatoms. The van der Waals surface area contributed by atoms with Crippen LogP contribution in [0.5, 0.6) is 0 Å². The van der Waals surface area contributed by atoms with Gasteiger partial charge in [-0.05, 0) is 18.1 Å². The number of halogens is 1. The molecular weight excluding hydrogens is 140 g/mol. The van der Waals surface area contributed by atoms with Crippen LogP contribution in [-0.2, 0) is 0 Å². The van der Waals surface area contributed by atoms with Crippen LogP contribution in [0.2, 0.25) is 0 Å². The molecule has 0 saturated heterocycles. The molecule has 0 aromatic heterocycles. The van der Waals surface area contributed by atoms with Gasteiger partial charge in [0.2, 0.25) is 0 Å². The van der Waals surface area contributed by atoms with Crippen LogP contribution in [0.25, 0.3) is 0 Å². The molecule has 0 aromatic rings. The van der Waals surface area contributed by atoms with Gasteiger partial charge in [-0.15, -0.1) is 11.8 Å². The SMILES string of the molecule is CS/C(C)=C\C=C\Cl. The molecule has 0 amide bonds. The normalized spacial score (nSPS) is 13.1. The molecule has 0 bridgehead atoms. The summed E-state index contributed by atoms with van der Waals surface area (Å²) in [6.07, 6.45) is 5.82. The summed E-state index contributed by atoms with van der Waals surface area (Å²) in [5.74, 6) is 0. The molecule has 0 spiro atoms. The Hall–Kier alpha value is 0.120. The van der Waals surface area contributed by atoms with E-state index in [0.717, 1.165) is 0 Å². The Morgan fingerprint density at radius 2 is 2.25 bits per heavy atom. The maximum absolute atomic E-state index is 5.27. The number of hydrogen-bond donors (Lipinski definition) is 0. The molecule has 0 radical (unpaired) electrons. The smallest absolute Gasteiger partial charge is 0.00427 e. The van der Waals surface area contributed by atoms with Gasteiger partial charge in [0.1, 0.15) is 0 Å². The van der Waals surface area contributed by atoms with Crippen LogP contribution in [-0.4, -0.2) is 6.26 Å². The Balaban J connectivity index is 3.57. The van der Waals surface area contributed by atoms with Gasteiger partial charge in [-0.25, -0.2) is 0 Å². The number of allylic oxidation sites excluding steroid dienone is 3. The van der Waals surface area contributed by atoms with Crippen LogP contribution in [0.1, 0.15) is 6.92 Å². The van der Waals surface area contributed by atoms with Gasteiger partial charge in [-0.3, -0.25) is 0 Å². The fourth-order valence-electron chi connectivity index (χ4n) is 0.240. The minimum atomic E-state index is 1.27. The lowest BCUT2D eigenvalue weighted by Gasteiger charge is -1.86. The van der Waals surface area contributed by atoms with Gasteiger partial charge in [0.25, 0.3) is 0 Å². The van der Waals surface area contributed by atoms with E-state index in [0.29, 0.717) is 0 Å². The Kier molecular flexibility index (Phi) is 5.34. The van der Waals surface area contributed by atoms with Crippen molar-refractivity contribution in [2.24, 2.45) is 0 Å². The molecule has 46 valence electrons. The maximum Gasteiger partial charge on any atom is 0.00427 e. The first-order chi connectivity index (χ1) is 3.81. The summed E-state index contributed by atoms with van der Waals surface area (Å²) in [4.78, 5) is 1.27. The highest BCUT2D eigenvalue weighted by molar-refractivity contribution is 8.02. The van der Waals surface area contributed by atoms with Crippen molar-refractivity contribution in [3.05, 3.63) is 22.6 Å². The molecule has 0 rings (SSSR count). The molecule has 0 nitrogen and oxygen atoms in total. The van der Waals surface area contributed by atoms with E-state index >= 15 is 0 Å². The third kappa shape index (κ3) is 4.28. The molecule has 0 aliphatic rings. The molecule has 0 fully saturated rings. The van der Waals surface area contributed by atoms with Gasteiger partial charge in [0.15, 0.2) is 0 Å². The molecule has 0 aliphatic heterocycles. The van der Waals surface area contributed by atoms with E-state index in [-0.39, 0.29) is 0 Å². The summed E-state index contributed by atoms with van der Waals surface area (Å²) in [5.41, 5.74) is 1.50. The summed E-state index contributed by atoms with van der Waals surface area (Å²) in [6.45, 7) is 2.04. The van der Waals surface area contributed by atoms with Crippen molar-refractivity contribution < 1.29 is 0 Å². The second kappa shape index (κ2) is 5.26. The first-order valence-corrected chi connectivity index (χ1v) is 3.95. The molecule has 0 saturated carbocycles. The Labute approximate surface area is 59.6 Å². The van der Waals surface area contributed by atoms with Crippen LogP contribution in [0.4, 0.5) is 0 Å². The first kappa shape index (κ1) is 8.12. The zero-order chi connectivity index (χ0) is 6.41. The molecule has 0 aromatic carbocycles. The van der Waals surface area contributed by atoms with Crippen molar-refractivity contribution in [1.29, 1.82) is 0 Å². The van der Waals surface area contributed by atoms with E-state index < -0.39 is 0 Å². The van der Waals surface area contributed by atoms with Crippen LogP contribution >= 0.6 is 23.4 Å². The number of hydrogen-bond acceptors (Lipinski definition) is 1. The lowest BCUT2D eigenvalue weighted by Crippen LogP contribution is -1.58. The van der Waals surface area contributed by atoms with Gasteiger partial charge in [0, 0.05) is 5.54 Å². The van der Waals surface area contributed by atoms with E-state index in [1.807, 2.05) is 25.3 Å². The average Bonchev–Trinajstić information content (AvgIpc) is 1.83. The Morgan fingerprint density at radius 1 is 1.62 bits per heavy atom. The van der Waals surface area contributed by atoms with E-state index in [4.69, 9.17) is 11.6 Å². The van der Waals surface area contributed by atoms with Crippen LogP contribution < -0.4 is 0 Å². The fourth-order valence-corrected chi connectivity index (χ4v) is 0.527. The maximum atomic E-state index is 5.27. The lowest BCUT2D eigenvalue weighted by molar-refractivity contribution is 1.68. The molecule has 8 heavy (non-hydrogen) atoms. The highest BCUT2D eigenvalue weighted by Gasteiger charge is 1.76. The molecule has 0 atom stereocenters. The van der Waals surface area contributed by atoms with Crippen molar-refractivity contribution in [3.63, 3.8) is 0 Å². The summed E-state index contributed by atoms with van der Waals surface area (Å²) in [7, 11) is 0. The van der Waals surface area contributed by atoms with Gasteiger partial charge in [-0.2, -0.15) is 0 Å². The van der Waals surface area contributed by atoms with Crippen molar-refractivity contribution in [2.75, 3.05) is 6.26 Å². The first-order valence-electron chi connectivity index (χ1n) is 2.29. The van der Waals surface area contributed by atoms with E-state index in [2.05, 4.69) is 0 Å². The zero-order valence-electron chi connectivity index (χ0n) is 5.02. The largest absolute Gasteiger partial charge is 0.134 e. The standard InChI is InChI=1S/C6H9ClS/c1-6(8-2)4-3-5-7/h3-5H,1-2H3/b5-3+,6-4-. The summed E-state index contributed by atoms with van der Waals surface area (Å²) in [6, 6.07) is 0. The topological polar surface area (TPSA) is 0 Å². The van der Waals surface area contributed by atoms with Crippen molar-refractivity contribution in [2.45, 2.75) is 6.92 Å². The summed E-state index contributed by atoms with van der Waals surface area (Å²) in [5, 5.41) is 0. The van der Waals surface area contributed by atoms with E-state index in [1.54, 1.807) is 11.8 Å². The van der Waals surface area contributed by atoms with Gasteiger partial charge < -0.3 is 0 Å². The van der Waals surface area contributed by atoms with Gasteiger partial charge >= 0.3 is 0 Å². The molecule has 0 aliphatic carbocycles. The predicted molar refractivity (Wildman–Crippen MR) is 42.3 cm³/mol. The molecule has 0 unspecified atom stereocenters. The second-order valence-corrected chi connectivity index (χ2v) is 2.60. The fraction of sp³-hybridized carbons (Fsp3) is 0.333. The summed E-state index contributed by atoms with van der Waals surface area (Å²) >= 11 is 6.98. The van der Waals surface area contributed by atoms with Gasteiger partial charge in [-0.1, -0.05) is 23.8 Å². The van der Waals surface area contributed by atoms with Crippen molar-refractivity contribution in [3.8, 4) is 0 Å². The van der Waals surface area contributed by atoms with Crippen LogP contribution in [0.3, 0.4) is 0 Å². The van der Waals surface area contributed by atoms with Gasteiger partial charge in [0.05, 0.1) is 0 Å². The van der Waals surface area contributed by atoms with E-state index in [9.17, 15) is 0 Å². The monoisotopic (exact) mass is 148 g/mol. The highest BCUT2D eigenvalue weighted by Crippen LogP contribution is 2.08. The van der Waals surface area contributed by atoms with Crippen molar-refractivity contribution in [1.82, 2.24) is 0 Å². The van der Waals surface area contributed by atoms with Crippen molar-refractivity contribution >= 4 is 23.4 Å². The Bertz CT molecular complexity index is 105. The second-order valence-electron chi connectivity index (χ2n) is 1.30. The van der Waals surface area contributed by atoms with E-state index in [1.165, 1.54) is 10.4 Å². The zero-order valence-corrected chi connectivity index (χ0v) is 6.59. The number of thioether (sulfide) groups is 1. The third-order valence-corrected chi connectivity index (χ3v) is 1.65. The van der Waals surface area contributed by atoms with Crippen LogP contribution in [0.15, 0.2) is 22.6 Å². The predicted octanol–water partition coefficient (Wildman–Crippen LogP) is 3.01. The molecule has 0 heterocycles. The number of rotatable bonds is 2. The third-order valence-electron chi connectivity index (χ3n) is 0.726. The quantitative estimate of drug-likeness (QED) is 0.543. The minimum absolute atomic E-state index is 1.27. The highest BCUT2D eigenvalue weighted by atomic mass is 35.5. The summed E-state index contributed by atoms with van der Waals surface area (Å²) < 4.78 is 0. The molecule has 0 N–H and O–H groups in total. The van der Waals surface area contributed by atoms with Crippen LogP contribution in [0, 0.1) is 0 Å².